The van der Waals surface area contributed by atoms with Crippen molar-refractivity contribution in [3.05, 3.63) is 60.8 Å². The van der Waals surface area contributed by atoms with Crippen molar-refractivity contribution >= 4 is 5.91 Å². The standard InChI is InChI=1S/C17H20N6O/c1-2-15-19-8-11-22(15)9-5-16(24)21-12-14-4-3-6-20-17(14)23-10-7-18-13-23/h3-4,6-8,10-11,13H,2,5,9,12H2,1H3,(H,21,24). The van der Waals surface area contributed by atoms with Gasteiger partial charge in [0.15, 0.2) is 0 Å². The minimum Gasteiger partial charge on any atom is -0.352 e. The van der Waals surface area contributed by atoms with E-state index in [-0.39, 0.29) is 5.91 Å². The lowest BCUT2D eigenvalue weighted by Crippen LogP contribution is -2.25. The van der Waals surface area contributed by atoms with Crippen LogP contribution in [0.25, 0.3) is 5.82 Å². The van der Waals surface area contributed by atoms with Gasteiger partial charge in [-0.15, -0.1) is 0 Å². The fourth-order valence-electron chi connectivity index (χ4n) is 2.55. The summed E-state index contributed by atoms with van der Waals surface area (Å²) < 4.78 is 3.85. The molecular weight excluding hydrogens is 304 g/mol. The maximum atomic E-state index is 12.1. The van der Waals surface area contributed by atoms with Crippen molar-refractivity contribution in [2.45, 2.75) is 32.9 Å². The van der Waals surface area contributed by atoms with Crippen molar-refractivity contribution in [2.75, 3.05) is 0 Å². The molecule has 0 saturated carbocycles. The lowest BCUT2D eigenvalue weighted by molar-refractivity contribution is -0.121. The van der Waals surface area contributed by atoms with Gasteiger partial charge in [-0.3, -0.25) is 9.36 Å². The van der Waals surface area contributed by atoms with Crippen LogP contribution in [0.2, 0.25) is 0 Å². The van der Waals surface area contributed by atoms with Crippen LogP contribution in [-0.2, 0) is 24.3 Å². The summed E-state index contributed by atoms with van der Waals surface area (Å²) >= 11 is 0. The number of carbonyl (C=O) groups excluding carboxylic acids is 1. The molecule has 0 radical (unpaired) electrons. The van der Waals surface area contributed by atoms with Crippen LogP contribution in [0.1, 0.15) is 24.7 Å². The van der Waals surface area contributed by atoms with Gasteiger partial charge in [-0.1, -0.05) is 13.0 Å². The molecule has 0 saturated heterocycles. The van der Waals surface area contributed by atoms with E-state index in [0.29, 0.717) is 19.5 Å². The number of pyridine rings is 1. The first-order valence-corrected chi connectivity index (χ1v) is 7.97. The van der Waals surface area contributed by atoms with Gasteiger partial charge in [-0.25, -0.2) is 15.0 Å². The number of hydrogen-bond acceptors (Lipinski definition) is 4. The highest BCUT2D eigenvalue weighted by atomic mass is 16.1. The number of carbonyl (C=O) groups is 1. The maximum absolute atomic E-state index is 12.1. The highest BCUT2D eigenvalue weighted by Crippen LogP contribution is 2.10. The molecule has 0 bridgehead atoms. The Morgan fingerprint density at radius 1 is 1.21 bits per heavy atom. The zero-order chi connectivity index (χ0) is 16.8. The van der Waals surface area contributed by atoms with Crippen LogP contribution in [0.5, 0.6) is 0 Å². The number of hydrogen-bond donors (Lipinski definition) is 1. The fourth-order valence-corrected chi connectivity index (χ4v) is 2.55. The summed E-state index contributed by atoms with van der Waals surface area (Å²) in [5, 5.41) is 2.95. The minimum absolute atomic E-state index is 0.00573. The second-order valence-corrected chi connectivity index (χ2v) is 5.37. The molecule has 1 N–H and O–H groups in total. The SMILES string of the molecule is CCc1nccn1CCC(=O)NCc1cccnc1-n1ccnc1. The van der Waals surface area contributed by atoms with E-state index in [1.54, 1.807) is 24.9 Å². The Morgan fingerprint density at radius 3 is 2.92 bits per heavy atom. The summed E-state index contributed by atoms with van der Waals surface area (Å²) in [5.41, 5.74) is 0.945. The monoisotopic (exact) mass is 324 g/mol. The molecule has 3 aromatic rings. The first kappa shape index (κ1) is 15.9. The average molecular weight is 324 g/mol. The van der Waals surface area contributed by atoms with Gasteiger partial charge in [-0.05, 0) is 6.07 Å². The first-order chi connectivity index (χ1) is 11.8. The minimum atomic E-state index is 0.00573. The van der Waals surface area contributed by atoms with Crippen LogP contribution in [0.15, 0.2) is 49.4 Å². The largest absolute Gasteiger partial charge is 0.352 e. The van der Waals surface area contributed by atoms with Crippen LogP contribution in [0.4, 0.5) is 0 Å². The first-order valence-electron chi connectivity index (χ1n) is 7.97. The number of imidazole rings is 2. The summed E-state index contributed by atoms with van der Waals surface area (Å²) in [6, 6.07) is 3.81. The highest BCUT2D eigenvalue weighted by Gasteiger charge is 2.08. The highest BCUT2D eigenvalue weighted by molar-refractivity contribution is 5.75. The Morgan fingerprint density at radius 2 is 2.12 bits per heavy atom. The molecule has 0 aliphatic carbocycles. The van der Waals surface area contributed by atoms with Crippen LogP contribution < -0.4 is 5.32 Å². The lowest BCUT2D eigenvalue weighted by atomic mass is 10.2. The molecule has 1 amide bonds. The van der Waals surface area contributed by atoms with Crippen molar-refractivity contribution in [3.63, 3.8) is 0 Å². The van der Waals surface area contributed by atoms with Crippen molar-refractivity contribution in [1.29, 1.82) is 0 Å². The summed E-state index contributed by atoms with van der Waals surface area (Å²) in [4.78, 5) is 24.8. The average Bonchev–Trinajstić information content (AvgIpc) is 3.29. The fraction of sp³-hybridized carbons (Fsp3) is 0.294. The number of aryl methyl sites for hydroxylation is 2. The summed E-state index contributed by atoms with van der Waals surface area (Å²) in [6.45, 7) is 3.13. The second kappa shape index (κ2) is 7.54. The summed E-state index contributed by atoms with van der Waals surface area (Å²) in [6.07, 6.45) is 11.9. The molecule has 24 heavy (non-hydrogen) atoms. The van der Waals surface area contributed by atoms with Crippen molar-refractivity contribution in [1.82, 2.24) is 29.4 Å². The predicted molar refractivity (Wildman–Crippen MR) is 89.4 cm³/mol. The van der Waals surface area contributed by atoms with E-state index in [1.165, 1.54) is 0 Å². The Kier molecular flexibility index (Phi) is 5.00. The van der Waals surface area contributed by atoms with E-state index < -0.39 is 0 Å². The van der Waals surface area contributed by atoms with Crippen molar-refractivity contribution in [2.24, 2.45) is 0 Å². The van der Waals surface area contributed by atoms with E-state index in [2.05, 4.69) is 27.2 Å². The Hall–Kier alpha value is -2.96. The number of amides is 1. The van der Waals surface area contributed by atoms with Crippen LogP contribution in [-0.4, -0.2) is 30.0 Å². The number of nitrogens with one attached hydrogen (secondary N) is 1. The smallest absolute Gasteiger partial charge is 0.222 e. The van der Waals surface area contributed by atoms with Gasteiger partial charge in [0.05, 0.1) is 0 Å². The van der Waals surface area contributed by atoms with Gasteiger partial charge < -0.3 is 9.88 Å². The van der Waals surface area contributed by atoms with E-state index in [9.17, 15) is 4.79 Å². The zero-order valence-corrected chi connectivity index (χ0v) is 13.6. The van der Waals surface area contributed by atoms with E-state index in [0.717, 1.165) is 23.6 Å². The molecule has 0 atom stereocenters. The molecule has 0 spiro atoms. The molecule has 7 heteroatoms. The molecule has 0 unspecified atom stereocenters. The third kappa shape index (κ3) is 3.68. The molecule has 0 fully saturated rings. The zero-order valence-electron chi connectivity index (χ0n) is 13.6. The number of nitrogens with zero attached hydrogens (tertiary/aromatic N) is 5. The second-order valence-electron chi connectivity index (χ2n) is 5.37. The quantitative estimate of drug-likeness (QED) is 0.718. The third-order valence-electron chi connectivity index (χ3n) is 3.79. The van der Waals surface area contributed by atoms with E-state index >= 15 is 0 Å². The number of aromatic nitrogens is 5. The molecule has 3 heterocycles. The Labute approximate surface area is 140 Å². The molecule has 3 aromatic heterocycles. The normalized spacial score (nSPS) is 10.7. The van der Waals surface area contributed by atoms with Crippen LogP contribution in [0, 0.1) is 0 Å². The van der Waals surface area contributed by atoms with Gasteiger partial charge in [0.25, 0.3) is 0 Å². The topological polar surface area (TPSA) is 77.6 Å². The molecule has 0 aliphatic rings. The summed E-state index contributed by atoms with van der Waals surface area (Å²) in [7, 11) is 0. The Balaban J connectivity index is 1.57. The molecule has 124 valence electrons. The molecule has 0 aliphatic heterocycles. The van der Waals surface area contributed by atoms with Crippen LogP contribution in [0.3, 0.4) is 0 Å². The lowest BCUT2D eigenvalue weighted by Gasteiger charge is -2.11. The molecular formula is C17H20N6O. The van der Waals surface area contributed by atoms with Gasteiger partial charge in [-0.2, -0.15) is 0 Å². The van der Waals surface area contributed by atoms with E-state index in [4.69, 9.17) is 0 Å². The Bertz CT molecular complexity index is 793. The molecule has 0 aromatic carbocycles. The third-order valence-corrected chi connectivity index (χ3v) is 3.79. The van der Waals surface area contributed by atoms with Crippen molar-refractivity contribution < 1.29 is 4.79 Å². The van der Waals surface area contributed by atoms with Gasteiger partial charge >= 0.3 is 0 Å². The molecule has 3 rings (SSSR count). The predicted octanol–water partition coefficient (Wildman–Crippen LogP) is 1.73. The van der Waals surface area contributed by atoms with Gasteiger partial charge in [0.1, 0.15) is 18.0 Å². The summed E-state index contributed by atoms with van der Waals surface area (Å²) in [5.74, 6) is 1.78. The number of rotatable bonds is 7. The van der Waals surface area contributed by atoms with Crippen LogP contribution >= 0.6 is 0 Å². The maximum Gasteiger partial charge on any atom is 0.222 e. The van der Waals surface area contributed by atoms with Gasteiger partial charge in [0, 0.05) is 62.5 Å². The molecule has 7 nitrogen and oxygen atoms in total. The van der Waals surface area contributed by atoms with Gasteiger partial charge in [0.2, 0.25) is 5.91 Å². The van der Waals surface area contributed by atoms with E-state index in [1.807, 2.05) is 33.7 Å². The van der Waals surface area contributed by atoms with Crippen molar-refractivity contribution in [3.8, 4) is 5.82 Å².